The number of carbonyl (C=O) groups is 2. The molecule has 16 heteroatoms. The number of carboxylic acids is 1. The minimum atomic E-state index is -4.33. The zero-order chi connectivity index (χ0) is 27.8. The minimum Gasteiger partial charge on any atom is -0.480 e. The van der Waals surface area contributed by atoms with Crippen LogP contribution in [-0.4, -0.2) is 45.3 Å². The third-order valence-corrected chi connectivity index (χ3v) is 8.64. The van der Waals surface area contributed by atoms with Crippen LogP contribution in [0.5, 0.6) is 0 Å². The van der Waals surface area contributed by atoms with Crippen molar-refractivity contribution in [3.8, 4) is 0 Å². The van der Waals surface area contributed by atoms with Crippen LogP contribution in [0.1, 0.15) is 22.0 Å². The van der Waals surface area contributed by atoms with Crippen molar-refractivity contribution in [1.29, 1.82) is 0 Å². The molecular formula is C22H14Cl4N4O6S2. The average Bonchev–Trinajstić information content (AvgIpc) is 3.34. The van der Waals surface area contributed by atoms with Gasteiger partial charge in [-0.25, -0.2) is 13.2 Å². The molecule has 198 valence electrons. The van der Waals surface area contributed by atoms with Gasteiger partial charge in [-0.15, -0.1) is 0 Å². The Morgan fingerprint density at radius 2 is 1.61 bits per heavy atom. The SMILES string of the molecule is O=C(NC(C(=O)O)C(O)c1ccc(Cl)c(Cl)c1)c1cc(Cl)c(Cl)cc1NS(=O)(=O)c1cccc2nsnc12. The molecule has 3 aromatic carbocycles. The summed E-state index contributed by atoms with van der Waals surface area (Å²) in [6.07, 6.45) is -1.75. The fourth-order valence-electron chi connectivity index (χ4n) is 3.40. The number of nitrogens with zero attached hydrogens (tertiary/aromatic N) is 2. The second-order valence-corrected chi connectivity index (χ2v) is 11.5. The van der Waals surface area contributed by atoms with Crippen LogP contribution in [0, 0.1) is 0 Å². The van der Waals surface area contributed by atoms with Crippen molar-refractivity contribution in [2.24, 2.45) is 0 Å². The van der Waals surface area contributed by atoms with Gasteiger partial charge >= 0.3 is 5.97 Å². The monoisotopic (exact) mass is 634 g/mol. The van der Waals surface area contributed by atoms with Gasteiger partial charge in [0.25, 0.3) is 15.9 Å². The Morgan fingerprint density at radius 3 is 2.29 bits per heavy atom. The van der Waals surface area contributed by atoms with E-state index < -0.39 is 34.0 Å². The molecule has 1 aromatic heterocycles. The lowest BCUT2D eigenvalue weighted by Crippen LogP contribution is -2.45. The van der Waals surface area contributed by atoms with Crippen LogP contribution in [0.2, 0.25) is 20.1 Å². The maximum atomic E-state index is 13.2. The summed E-state index contributed by atoms with van der Waals surface area (Å²) in [4.78, 5) is 24.9. The fourth-order valence-corrected chi connectivity index (χ4v) is 5.87. The van der Waals surface area contributed by atoms with Gasteiger partial charge in [-0.1, -0.05) is 58.5 Å². The van der Waals surface area contributed by atoms with E-state index >= 15 is 0 Å². The van der Waals surface area contributed by atoms with Crippen molar-refractivity contribution in [3.05, 3.63) is 79.7 Å². The number of anilines is 1. The summed E-state index contributed by atoms with van der Waals surface area (Å²) < 4.78 is 36.8. The van der Waals surface area contributed by atoms with Crippen LogP contribution in [0.4, 0.5) is 5.69 Å². The minimum absolute atomic E-state index is 0.0604. The Morgan fingerprint density at radius 1 is 0.921 bits per heavy atom. The number of sulfonamides is 1. The molecule has 10 nitrogen and oxygen atoms in total. The normalized spacial score (nSPS) is 13.2. The summed E-state index contributed by atoms with van der Waals surface area (Å²) in [5.41, 5.74) is -0.131. The van der Waals surface area contributed by atoms with Crippen LogP contribution in [-0.2, 0) is 14.8 Å². The van der Waals surface area contributed by atoms with Crippen molar-refractivity contribution in [1.82, 2.24) is 14.1 Å². The topological polar surface area (TPSA) is 159 Å². The molecule has 4 aromatic rings. The lowest BCUT2D eigenvalue weighted by molar-refractivity contribution is -0.142. The summed E-state index contributed by atoms with van der Waals surface area (Å²) in [6.45, 7) is 0. The number of nitrogens with one attached hydrogen (secondary N) is 2. The standard InChI is InChI=1S/C22H14Cl4N4O6S2/c23-11-5-4-9(6-12(11)24)20(31)19(22(33)34)27-21(32)10-7-13(25)14(26)8-16(10)30-38(35,36)17-3-1-2-15-18(17)29-37-28-15/h1-8,19-20,30-31H,(H,27,32)(H,33,34). The second-order valence-electron chi connectivity index (χ2n) is 7.71. The Labute approximate surface area is 239 Å². The molecule has 1 amide bonds. The van der Waals surface area contributed by atoms with E-state index in [1.165, 1.54) is 30.3 Å². The molecule has 0 aliphatic rings. The molecule has 0 spiro atoms. The number of carbonyl (C=O) groups excluding carboxylic acids is 1. The highest BCUT2D eigenvalue weighted by molar-refractivity contribution is 7.93. The van der Waals surface area contributed by atoms with Gasteiger partial charge in [0.2, 0.25) is 0 Å². The summed E-state index contributed by atoms with van der Waals surface area (Å²) in [6, 6.07) is 8.60. The molecule has 2 atom stereocenters. The van der Waals surface area contributed by atoms with Gasteiger partial charge in [0, 0.05) is 0 Å². The van der Waals surface area contributed by atoms with Crippen molar-refractivity contribution in [2.45, 2.75) is 17.0 Å². The molecule has 2 unspecified atom stereocenters. The summed E-state index contributed by atoms with van der Waals surface area (Å²) >= 11 is 24.8. The van der Waals surface area contributed by atoms with E-state index in [-0.39, 0.29) is 47.3 Å². The highest BCUT2D eigenvalue weighted by atomic mass is 35.5. The zero-order valence-corrected chi connectivity index (χ0v) is 23.2. The lowest BCUT2D eigenvalue weighted by atomic mass is 10.0. The number of aliphatic hydroxyl groups is 1. The predicted molar refractivity (Wildman–Crippen MR) is 145 cm³/mol. The van der Waals surface area contributed by atoms with Gasteiger partial charge in [-0.05, 0) is 42.0 Å². The quantitative estimate of drug-likeness (QED) is 0.210. The molecule has 0 saturated carbocycles. The number of aromatic nitrogens is 2. The predicted octanol–water partition coefficient (Wildman–Crippen LogP) is 5.02. The van der Waals surface area contributed by atoms with E-state index in [0.717, 1.165) is 23.9 Å². The van der Waals surface area contributed by atoms with Gasteiger partial charge in [0.15, 0.2) is 6.04 Å². The molecule has 0 aliphatic heterocycles. The smallest absolute Gasteiger partial charge is 0.329 e. The van der Waals surface area contributed by atoms with Crippen molar-refractivity contribution < 1.29 is 28.2 Å². The van der Waals surface area contributed by atoms with E-state index in [0.29, 0.717) is 5.52 Å². The van der Waals surface area contributed by atoms with Crippen LogP contribution < -0.4 is 10.0 Å². The van der Waals surface area contributed by atoms with Crippen LogP contribution in [0.15, 0.2) is 53.4 Å². The number of fused-ring (bicyclic) bond motifs is 1. The van der Waals surface area contributed by atoms with Gasteiger partial charge in [-0.2, -0.15) is 8.75 Å². The molecule has 38 heavy (non-hydrogen) atoms. The highest BCUT2D eigenvalue weighted by Gasteiger charge is 2.32. The van der Waals surface area contributed by atoms with E-state index in [9.17, 15) is 28.2 Å². The number of rotatable bonds is 8. The molecule has 0 saturated heterocycles. The molecule has 0 radical (unpaired) electrons. The molecule has 0 aliphatic carbocycles. The largest absolute Gasteiger partial charge is 0.480 e. The van der Waals surface area contributed by atoms with Gasteiger partial charge < -0.3 is 15.5 Å². The molecule has 0 fully saturated rings. The van der Waals surface area contributed by atoms with Crippen LogP contribution in [0.3, 0.4) is 0 Å². The number of aliphatic carboxylic acids is 1. The number of benzene rings is 3. The summed E-state index contributed by atoms with van der Waals surface area (Å²) in [5, 5.41) is 22.6. The Kier molecular flexibility index (Phi) is 8.33. The van der Waals surface area contributed by atoms with Gasteiger partial charge in [-0.3, -0.25) is 9.52 Å². The maximum absolute atomic E-state index is 13.2. The fraction of sp³-hybridized carbons (Fsp3) is 0.0909. The van der Waals surface area contributed by atoms with Crippen LogP contribution >= 0.6 is 58.1 Å². The van der Waals surface area contributed by atoms with Gasteiger partial charge in [0.1, 0.15) is 22.0 Å². The number of aliphatic hydroxyl groups excluding tert-OH is 1. The molecule has 4 rings (SSSR count). The van der Waals surface area contributed by atoms with Crippen molar-refractivity contribution in [2.75, 3.05) is 4.72 Å². The highest BCUT2D eigenvalue weighted by Crippen LogP contribution is 2.32. The first-order chi connectivity index (χ1) is 17.9. The van der Waals surface area contributed by atoms with E-state index in [4.69, 9.17) is 46.4 Å². The van der Waals surface area contributed by atoms with E-state index in [2.05, 4.69) is 18.8 Å². The average molecular weight is 636 g/mol. The number of hydrogen-bond acceptors (Lipinski definition) is 8. The third-order valence-electron chi connectivity index (χ3n) is 5.24. The second kappa shape index (κ2) is 11.2. The molecular weight excluding hydrogens is 622 g/mol. The zero-order valence-electron chi connectivity index (χ0n) is 18.5. The molecule has 1 heterocycles. The number of hydrogen-bond donors (Lipinski definition) is 4. The van der Waals surface area contributed by atoms with E-state index in [1.54, 1.807) is 6.07 Å². The Balaban J connectivity index is 1.69. The van der Waals surface area contributed by atoms with Gasteiger partial charge in [0.05, 0.1) is 43.1 Å². The molecule has 0 bridgehead atoms. The lowest BCUT2D eigenvalue weighted by Gasteiger charge is -2.22. The third kappa shape index (κ3) is 5.81. The van der Waals surface area contributed by atoms with Crippen LogP contribution in [0.25, 0.3) is 11.0 Å². The first-order valence-corrected chi connectivity index (χ1v) is 14.0. The first kappa shape index (κ1) is 28.3. The summed E-state index contributed by atoms with van der Waals surface area (Å²) in [5.74, 6) is -2.65. The number of amides is 1. The van der Waals surface area contributed by atoms with Crippen molar-refractivity contribution >= 4 is 96.8 Å². The van der Waals surface area contributed by atoms with E-state index in [1.807, 2.05) is 0 Å². The molecule has 4 N–H and O–H groups in total. The Bertz CT molecular complexity index is 1680. The van der Waals surface area contributed by atoms with Crippen molar-refractivity contribution in [3.63, 3.8) is 0 Å². The maximum Gasteiger partial charge on any atom is 0.329 e. The first-order valence-electron chi connectivity index (χ1n) is 10.3. The number of carboxylic acid groups (broad SMARTS) is 1. The number of halogens is 4. The Hall–Kier alpha value is -2.71. The summed E-state index contributed by atoms with van der Waals surface area (Å²) in [7, 11) is -4.33.